The van der Waals surface area contributed by atoms with Gasteiger partial charge in [0.05, 0.1) is 40.4 Å². The van der Waals surface area contributed by atoms with E-state index in [9.17, 15) is 9.90 Å². The van der Waals surface area contributed by atoms with Crippen molar-refractivity contribution in [2.24, 2.45) is 0 Å². The molecule has 0 spiro atoms. The van der Waals surface area contributed by atoms with Crippen molar-refractivity contribution in [3.63, 3.8) is 0 Å². The average molecular weight is 400 g/mol. The third-order valence-electron chi connectivity index (χ3n) is 5.28. The lowest BCUT2D eigenvalue weighted by atomic mass is 10.1. The fraction of sp³-hybridized carbons (Fsp3) is 0.409. The first-order valence-corrected chi connectivity index (χ1v) is 9.94. The van der Waals surface area contributed by atoms with E-state index in [-0.39, 0.29) is 11.7 Å². The van der Waals surface area contributed by atoms with Crippen molar-refractivity contribution in [3.05, 3.63) is 48.0 Å². The SMILES string of the molecule is COc1ccc(CCNC(=O)C[NH+]2CCN(c3ccc(O)cc3)CC2)cc1OC. The van der Waals surface area contributed by atoms with E-state index in [1.54, 1.807) is 26.4 Å². The maximum absolute atomic E-state index is 12.3. The number of hydrogen-bond donors (Lipinski definition) is 3. The molecule has 3 rings (SSSR count). The Morgan fingerprint density at radius 3 is 2.41 bits per heavy atom. The van der Waals surface area contributed by atoms with E-state index in [4.69, 9.17) is 9.47 Å². The molecule has 0 unspecified atom stereocenters. The molecule has 1 aliphatic heterocycles. The zero-order chi connectivity index (χ0) is 20.6. The molecule has 3 N–H and O–H groups in total. The Morgan fingerprint density at radius 2 is 1.76 bits per heavy atom. The van der Waals surface area contributed by atoms with Gasteiger partial charge < -0.3 is 29.7 Å². The highest BCUT2D eigenvalue weighted by Gasteiger charge is 2.22. The fourth-order valence-corrected chi connectivity index (χ4v) is 3.59. The maximum atomic E-state index is 12.3. The number of hydrogen-bond acceptors (Lipinski definition) is 5. The fourth-order valence-electron chi connectivity index (χ4n) is 3.59. The van der Waals surface area contributed by atoms with Crippen LogP contribution in [0.4, 0.5) is 5.69 Å². The number of piperazine rings is 1. The summed E-state index contributed by atoms with van der Waals surface area (Å²) in [6, 6.07) is 13.1. The Labute approximate surface area is 171 Å². The third kappa shape index (κ3) is 5.77. The van der Waals surface area contributed by atoms with Crippen LogP contribution in [0.3, 0.4) is 0 Å². The van der Waals surface area contributed by atoms with Gasteiger partial charge in [-0.15, -0.1) is 0 Å². The number of anilines is 1. The molecule has 1 saturated heterocycles. The lowest BCUT2D eigenvalue weighted by molar-refractivity contribution is -0.892. The van der Waals surface area contributed by atoms with Crippen LogP contribution in [0.1, 0.15) is 5.56 Å². The monoisotopic (exact) mass is 400 g/mol. The number of amides is 1. The number of carbonyl (C=O) groups excluding carboxylic acids is 1. The zero-order valence-electron chi connectivity index (χ0n) is 17.1. The molecule has 0 bridgehead atoms. The summed E-state index contributed by atoms with van der Waals surface area (Å²) < 4.78 is 10.6. The van der Waals surface area contributed by atoms with E-state index in [0.29, 0.717) is 24.6 Å². The molecule has 1 aliphatic rings. The number of nitrogens with zero attached hydrogens (tertiary/aromatic N) is 1. The predicted octanol–water partition coefficient (Wildman–Crippen LogP) is 0.473. The van der Waals surface area contributed by atoms with Crippen LogP contribution in [0.15, 0.2) is 42.5 Å². The maximum Gasteiger partial charge on any atom is 0.275 e. The Balaban J connectivity index is 1.39. The summed E-state index contributed by atoms with van der Waals surface area (Å²) in [6.07, 6.45) is 0.746. The van der Waals surface area contributed by atoms with Gasteiger partial charge in [0, 0.05) is 12.2 Å². The first-order valence-electron chi connectivity index (χ1n) is 9.94. The highest BCUT2D eigenvalue weighted by Crippen LogP contribution is 2.27. The van der Waals surface area contributed by atoms with E-state index in [1.807, 2.05) is 30.3 Å². The summed E-state index contributed by atoms with van der Waals surface area (Å²) in [7, 11) is 3.23. The Hall–Kier alpha value is -2.93. The molecule has 1 amide bonds. The van der Waals surface area contributed by atoms with Crippen LogP contribution < -0.4 is 24.6 Å². The number of aromatic hydroxyl groups is 1. The molecule has 1 fully saturated rings. The van der Waals surface area contributed by atoms with Crippen molar-refractivity contribution < 1.29 is 24.3 Å². The Morgan fingerprint density at radius 1 is 1.07 bits per heavy atom. The molecule has 7 nitrogen and oxygen atoms in total. The molecule has 7 heteroatoms. The second-order valence-corrected chi connectivity index (χ2v) is 7.22. The molecule has 29 heavy (non-hydrogen) atoms. The molecule has 2 aromatic carbocycles. The molecular formula is C22H30N3O4+. The first-order chi connectivity index (χ1) is 14.1. The Bertz CT molecular complexity index is 802. The molecule has 0 aromatic heterocycles. The van der Waals surface area contributed by atoms with Crippen LogP contribution in [0.2, 0.25) is 0 Å². The second-order valence-electron chi connectivity index (χ2n) is 7.22. The highest BCUT2D eigenvalue weighted by molar-refractivity contribution is 5.76. The van der Waals surface area contributed by atoms with E-state index in [1.165, 1.54) is 4.90 Å². The zero-order valence-corrected chi connectivity index (χ0v) is 17.1. The summed E-state index contributed by atoms with van der Waals surface area (Å²) >= 11 is 0. The van der Waals surface area contributed by atoms with Crippen LogP contribution in [-0.4, -0.2) is 64.5 Å². The number of rotatable bonds is 8. The Kier molecular flexibility index (Phi) is 7.19. The minimum Gasteiger partial charge on any atom is -0.508 e. The van der Waals surface area contributed by atoms with Crippen LogP contribution >= 0.6 is 0 Å². The molecule has 2 aromatic rings. The first kappa shape index (κ1) is 20.8. The number of methoxy groups -OCH3 is 2. The van der Waals surface area contributed by atoms with Gasteiger partial charge in [-0.3, -0.25) is 4.79 Å². The molecule has 0 radical (unpaired) electrons. The molecule has 0 atom stereocenters. The van der Waals surface area contributed by atoms with E-state index in [2.05, 4.69) is 10.2 Å². The van der Waals surface area contributed by atoms with Crippen molar-refractivity contribution >= 4 is 11.6 Å². The van der Waals surface area contributed by atoms with Gasteiger partial charge in [0.25, 0.3) is 5.91 Å². The van der Waals surface area contributed by atoms with Crippen molar-refractivity contribution in [1.29, 1.82) is 0 Å². The van der Waals surface area contributed by atoms with Gasteiger partial charge in [-0.2, -0.15) is 0 Å². The number of carbonyl (C=O) groups is 1. The molecule has 1 heterocycles. The van der Waals surface area contributed by atoms with E-state index in [0.717, 1.165) is 43.9 Å². The van der Waals surface area contributed by atoms with Gasteiger partial charge in [0.2, 0.25) is 0 Å². The minimum atomic E-state index is 0.0820. The third-order valence-corrected chi connectivity index (χ3v) is 5.28. The van der Waals surface area contributed by atoms with Gasteiger partial charge in [-0.1, -0.05) is 6.07 Å². The van der Waals surface area contributed by atoms with Crippen molar-refractivity contribution in [3.8, 4) is 17.2 Å². The minimum absolute atomic E-state index is 0.0820. The lowest BCUT2D eigenvalue weighted by Gasteiger charge is -2.33. The number of quaternary nitrogens is 1. The smallest absolute Gasteiger partial charge is 0.275 e. The van der Waals surface area contributed by atoms with Crippen LogP contribution in [0, 0.1) is 0 Å². The largest absolute Gasteiger partial charge is 0.508 e. The topological polar surface area (TPSA) is 75.5 Å². The normalized spacial score (nSPS) is 14.5. The number of ether oxygens (including phenoxy) is 2. The summed E-state index contributed by atoms with van der Waals surface area (Å²) in [5.74, 6) is 1.77. The van der Waals surface area contributed by atoms with E-state index < -0.39 is 0 Å². The van der Waals surface area contributed by atoms with Crippen LogP contribution in [0.25, 0.3) is 0 Å². The van der Waals surface area contributed by atoms with Gasteiger partial charge in [-0.05, 0) is 48.4 Å². The summed E-state index contributed by atoms with van der Waals surface area (Å²) in [4.78, 5) is 15.9. The molecule has 156 valence electrons. The van der Waals surface area contributed by atoms with Crippen molar-refractivity contribution in [2.75, 3.05) is 58.4 Å². The predicted molar refractivity (Wildman–Crippen MR) is 112 cm³/mol. The lowest BCUT2D eigenvalue weighted by Crippen LogP contribution is -3.16. The second kappa shape index (κ2) is 10.0. The van der Waals surface area contributed by atoms with Gasteiger partial charge in [0.15, 0.2) is 18.0 Å². The number of phenols is 1. The van der Waals surface area contributed by atoms with Crippen LogP contribution in [-0.2, 0) is 11.2 Å². The summed E-state index contributed by atoms with van der Waals surface area (Å²) in [5.41, 5.74) is 2.21. The van der Waals surface area contributed by atoms with Gasteiger partial charge in [-0.25, -0.2) is 0 Å². The molecule has 0 aliphatic carbocycles. The average Bonchev–Trinajstić information content (AvgIpc) is 2.75. The van der Waals surface area contributed by atoms with Crippen molar-refractivity contribution in [2.45, 2.75) is 6.42 Å². The summed E-state index contributed by atoms with van der Waals surface area (Å²) in [6.45, 7) is 4.74. The van der Waals surface area contributed by atoms with Gasteiger partial charge in [0.1, 0.15) is 5.75 Å². The standard InChI is InChI=1S/C22H29N3O4/c1-28-20-8-3-17(15-21(20)29-2)9-10-23-22(27)16-24-11-13-25(14-12-24)18-4-6-19(26)7-5-18/h3-8,15,26H,9-14,16H2,1-2H3,(H,23,27)/p+1. The highest BCUT2D eigenvalue weighted by atomic mass is 16.5. The quantitative estimate of drug-likeness (QED) is 0.601. The number of phenolic OH excluding ortho intramolecular Hbond substituents is 1. The summed E-state index contributed by atoms with van der Waals surface area (Å²) in [5, 5.41) is 12.4. The molecular weight excluding hydrogens is 370 g/mol. The van der Waals surface area contributed by atoms with E-state index >= 15 is 0 Å². The van der Waals surface area contributed by atoms with Gasteiger partial charge >= 0.3 is 0 Å². The number of benzene rings is 2. The van der Waals surface area contributed by atoms with Crippen LogP contribution in [0.5, 0.6) is 17.2 Å². The van der Waals surface area contributed by atoms with Crippen molar-refractivity contribution in [1.82, 2.24) is 5.32 Å². The molecule has 0 saturated carbocycles. The number of nitrogens with one attached hydrogen (secondary N) is 2.